The Morgan fingerprint density at radius 2 is 1.86 bits per heavy atom. The van der Waals surface area contributed by atoms with Crippen LogP contribution < -0.4 is 5.32 Å². The largest absolute Gasteiger partial charge is 0.354 e. The zero-order valence-electron chi connectivity index (χ0n) is 16.0. The first kappa shape index (κ1) is 18.9. The highest BCUT2D eigenvalue weighted by atomic mass is 19.1. The molecule has 4 rings (SSSR count). The Labute approximate surface area is 167 Å². The molecule has 2 aromatic carbocycles. The number of rotatable bonds is 3. The van der Waals surface area contributed by atoms with Crippen molar-refractivity contribution >= 4 is 11.8 Å². The van der Waals surface area contributed by atoms with E-state index in [1.807, 2.05) is 37.3 Å². The number of nitrogens with zero attached hydrogens (tertiary/aromatic N) is 3. The molecule has 0 bridgehead atoms. The predicted octanol–water partition coefficient (Wildman–Crippen LogP) is 3.02. The van der Waals surface area contributed by atoms with E-state index in [1.54, 1.807) is 21.7 Å². The monoisotopic (exact) mass is 392 g/mol. The van der Waals surface area contributed by atoms with Crippen molar-refractivity contribution in [3.05, 3.63) is 83.4 Å². The number of amides is 2. The molecule has 0 spiro atoms. The minimum absolute atomic E-state index is 0.0760. The van der Waals surface area contributed by atoms with Crippen molar-refractivity contribution in [1.82, 2.24) is 20.0 Å². The average molecular weight is 392 g/mol. The topological polar surface area (TPSA) is 67.2 Å². The van der Waals surface area contributed by atoms with Gasteiger partial charge in [-0.1, -0.05) is 30.3 Å². The SMILES string of the molecule is Cc1c(C(=O)N2CCNC(=O)C[C@@H]2c2ccccc2)cnn1-c1ccc(F)cc1. The second-order valence-electron chi connectivity index (χ2n) is 7.01. The van der Waals surface area contributed by atoms with Crippen LogP contribution in [0.3, 0.4) is 0 Å². The van der Waals surface area contributed by atoms with Crippen molar-refractivity contribution in [2.75, 3.05) is 13.1 Å². The van der Waals surface area contributed by atoms with Gasteiger partial charge in [0.05, 0.1) is 35.6 Å². The van der Waals surface area contributed by atoms with Crippen LogP contribution in [0.5, 0.6) is 0 Å². The van der Waals surface area contributed by atoms with Crippen LogP contribution in [0.15, 0.2) is 60.8 Å². The molecule has 0 unspecified atom stereocenters. The standard InChI is InChI=1S/C22H21FN4O2/c1-15-19(14-25-27(15)18-9-7-17(23)8-10-18)22(29)26-12-11-24-21(28)13-20(26)16-5-3-2-4-6-16/h2-10,14,20H,11-13H2,1H3,(H,24,28)/t20-/m1/s1. The summed E-state index contributed by atoms with van der Waals surface area (Å²) in [4.78, 5) is 27.3. The molecule has 1 aliphatic rings. The summed E-state index contributed by atoms with van der Waals surface area (Å²) in [7, 11) is 0. The summed E-state index contributed by atoms with van der Waals surface area (Å²) in [5.41, 5.74) is 2.72. The highest BCUT2D eigenvalue weighted by Crippen LogP contribution is 2.28. The van der Waals surface area contributed by atoms with Crippen LogP contribution in [0.25, 0.3) is 5.69 Å². The minimum atomic E-state index is -0.347. The van der Waals surface area contributed by atoms with Gasteiger partial charge in [0.1, 0.15) is 5.82 Å². The van der Waals surface area contributed by atoms with Crippen molar-refractivity contribution in [2.24, 2.45) is 0 Å². The number of benzene rings is 2. The van der Waals surface area contributed by atoms with Crippen LogP contribution in [0.1, 0.15) is 34.1 Å². The fourth-order valence-electron chi connectivity index (χ4n) is 3.66. The van der Waals surface area contributed by atoms with E-state index in [0.717, 1.165) is 5.56 Å². The molecule has 0 saturated carbocycles. The molecule has 0 radical (unpaired) electrons. The molecular formula is C22H21FN4O2. The summed E-state index contributed by atoms with van der Waals surface area (Å²) in [5, 5.41) is 7.17. The second kappa shape index (κ2) is 7.87. The smallest absolute Gasteiger partial charge is 0.257 e. The van der Waals surface area contributed by atoms with E-state index < -0.39 is 0 Å². The number of carbonyl (C=O) groups excluding carboxylic acids is 2. The summed E-state index contributed by atoms with van der Waals surface area (Å²) in [6, 6.07) is 15.2. The molecule has 2 heterocycles. The number of aromatic nitrogens is 2. The molecule has 0 aliphatic carbocycles. The van der Waals surface area contributed by atoms with Gasteiger partial charge >= 0.3 is 0 Å². The van der Waals surface area contributed by atoms with Crippen LogP contribution in [-0.2, 0) is 4.79 Å². The van der Waals surface area contributed by atoms with Gasteiger partial charge in [0.2, 0.25) is 5.91 Å². The Morgan fingerprint density at radius 3 is 2.59 bits per heavy atom. The van der Waals surface area contributed by atoms with Crippen LogP contribution in [0.2, 0.25) is 0 Å². The summed E-state index contributed by atoms with van der Waals surface area (Å²) in [5.74, 6) is -0.587. The Balaban J connectivity index is 1.68. The van der Waals surface area contributed by atoms with E-state index in [2.05, 4.69) is 10.4 Å². The van der Waals surface area contributed by atoms with Crippen molar-refractivity contribution in [2.45, 2.75) is 19.4 Å². The summed E-state index contributed by atoms with van der Waals surface area (Å²) in [6.07, 6.45) is 1.74. The van der Waals surface area contributed by atoms with Gasteiger partial charge < -0.3 is 10.2 Å². The third-order valence-electron chi connectivity index (χ3n) is 5.19. The lowest BCUT2D eigenvalue weighted by Gasteiger charge is -2.29. The molecule has 2 amide bonds. The fraction of sp³-hybridized carbons (Fsp3) is 0.227. The normalized spacial score (nSPS) is 17.0. The maximum atomic E-state index is 13.4. The lowest BCUT2D eigenvalue weighted by molar-refractivity contribution is -0.121. The average Bonchev–Trinajstić information content (AvgIpc) is 3.00. The van der Waals surface area contributed by atoms with Gasteiger partial charge in [-0.15, -0.1) is 0 Å². The summed E-state index contributed by atoms with van der Waals surface area (Å²) >= 11 is 0. The number of carbonyl (C=O) groups is 2. The first-order chi connectivity index (χ1) is 14.0. The zero-order chi connectivity index (χ0) is 20.4. The first-order valence-corrected chi connectivity index (χ1v) is 9.48. The number of halogens is 1. The van der Waals surface area contributed by atoms with Gasteiger partial charge in [0.25, 0.3) is 5.91 Å². The van der Waals surface area contributed by atoms with Crippen LogP contribution in [0.4, 0.5) is 4.39 Å². The van der Waals surface area contributed by atoms with Gasteiger partial charge in [-0.05, 0) is 36.8 Å². The van der Waals surface area contributed by atoms with Crippen LogP contribution >= 0.6 is 0 Å². The zero-order valence-corrected chi connectivity index (χ0v) is 16.0. The van der Waals surface area contributed by atoms with E-state index in [9.17, 15) is 14.0 Å². The van der Waals surface area contributed by atoms with Crippen LogP contribution in [0, 0.1) is 12.7 Å². The maximum absolute atomic E-state index is 13.4. The van der Waals surface area contributed by atoms with E-state index in [0.29, 0.717) is 30.0 Å². The van der Waals surface area contributed by atoms with Crippen molar-refractivity contribution in [3.63, 3.8) is 0 Å². The molecule has 1 saturated heterocycles. The molecule has 148 valence electrons. The second-order valence-corrected chi connectivity index (χ2v) is 7.01. The summed E-state index contributed by atoms with van der Waals surface area (Å²) < 4.78 is 14.8. The van der Waals surface area contributed by atoms with Crippen LogP contribution in [-0.4, -0.2) is 39.6 Å². The Bertz CT molecular complexity index is 1030. The van der Waals surface area contributed by atoms with E-state index >= 15 is 0 Å². The maximum Gasteiger partial charge on any atom is 0.257 e. The quantitative estimate of drug-likeness (QED) is 0.745. The molecule has 1 aromatic heterocycles. The molecule has 3 aromatic rings. The molecular weight excluding hydrogens is 371 g/mol. The third kappa shape index (κ3) is 3.76. The number of hydrogen-bond donors (Lipinski definition) is 1. The molecule has 29 heavy (non-hydrogen) atoms. The molecule has 7 heteroatoms. The Morgan fingerprint density at radius 1 is 1.14 bits per heavy atom. The van der Waals surface area contributed by atoms with E-state index in [1.165, 1.54) is 18.3 Å². The molecule has 1 aliphatic heterocycles. The lowest BCUT2D eigenvalue weighted by Crippen LogP contribution is -2.36. The van der Waals surface area contributed by atoms with E-state index in [4.69, 9.17) is 0 Å². The van der Waals surface area contributed by atoms with Gasteiger partial charge in [-0.3, -0.25) is 9.59 Å². The lowest BCUT2D eigenvalue weighted by atomic mass is 10.0. The van der Waals surface area contributed by atoms with E-state index in [-0.39, 0.29) is 30.1 Å². The van der Waals surface area contributed by atoms with Gasteiger partial charge in [0, 0.05) is 13.1 Å². The number of hydrogen-bond acceptors (Lipinski definition) is 3. The van der Waals surface area contributed by atoms with Crippen molar-refractivity contribution in [3.8, 4) is 5.69 Å². The molecule has 1 atom stereocenters. The predicted molar refractivity (Wildman–Crippen MR) is 106 cm³/mol. The van der Waals surface area contributed by atoms with Gasteiger partial charge in [0.15, 0.2) is 0 Å². The van der Waals surface area contributed by atoms with Crippen molar-refractivity contribution in [1.29, 1.82) is 0 Å². The molecule has 1 fully saturated rings. The van der Waals surface area contributed by atoms with Gasteiger partial charge in [-0.25, -0.2) is 9.07 Å². The Hall–Kier alpha value is -3.48. The summed E-state index contributed by atoms with van der Waals surface area (Å²) in [6.45, 7) is 2.62. The minimum Gasteiger partial charge on any atom is -0.354 e. The third-order valence-corrected chi connectivity index (χ3v) is 5.19. The highest BCUT2D eigenvalue weighted by Gasteiger charge is 2.32. The number of nitrogens with one attached hydrogen (secondary N) is 1. The Kier molecular flexibility index (Phi) is 5.12. The molecule has 6 nitrogen and oxygen atoms in total. The first-order valence-electron chi connectivity index (χ1n) is 9.48. The highest BCUT2D eigenvalue weighted by molar-refractivity contribution is 5.96. The van der Waals surface area contributed by atoms with Crippen molar-refractivity contribution < 1.29 is 14.0 Å². The fourth-order valence-corrected chi connectivity index (χ4v) is 3.66. The molecule has 1 N–H and O–H groups in total. The van der Waals surface area contributed by atoms with Gasteiger partial charge in [-0.2, -0.15) is 5.10 Å².